The molecule has 0 bridgehead atoms. The molecule has 106 valence electrons. The number of nitrogens with zero attached hydrogens (tertiary/aromatic N) is 2. The summed E-state index contributed by atoms with van der Waals surface area (Å²) in [7, 11) is 1.55. The average molecular weight is 338 g/mol. The minimum absolute atomic E-state index is 0.428. The number of benzene rings is 1. The summed E-state index contributed by atoms with van der Waals surface area (Å²) in [6, 6.07) is 4.07. The van der Waals surface area contributed by atoms with Crippen molar-refractivity contribution in [2.45, 2.75) is 13.8 Å². The van der Waals surface area contributed by atoms with E-state index in [-0.39, 0.29) is 0 Å². The van der Waals surface area contributed by atoms with Gasteiger partial charge in [0.2, 0.25) is 5.75 Å². The van der Waals surface area contributed by atoms with E-state index < -0.39 is 0 Å². The first-order valence-corrected chi connectivity index (χ1v) is 6.75. The van der Waals surface area contributed by atoms with Gasteiger partial charge in [0.05, 0.1) is 7.11 Å². The standard InChI is InChI=1S/C13H16BrN5O/c1-7-4-9(14)5-8(2)10(7)18-12-11(20-3)13(19-15)17-6-16-12/h4-6H,15H2,1-3H3,(H2,16,17,18,19). The Morgan fingerprint density at radius 1 is 1.15 bits per heavy atom. The third-order valence-electron chi connectivity index (χ3n) is 2.89. The van der Waals surface area contributed by atoms with E-state index >= 15 is 0 Å². The minimum Gasteiger partial charge on any atom is -0.490 e. The third-order valence-corrected chi connectivity index (χ3v) is 3.34. The van der Waals surface area contributed by atoms with Crippen LogP contribution in [0.15, 0.2) is 22.9 Å². The number of nitrogens with one attached hydrogen (secondary N) is 2. The van der Waals surface area contributed by atoms with Crippen LogP contribution >= 0.6 is 15.9 Å². The van der Waals surface area contributed by atoms with Crippen molar-refractivity contribution in [3.05, 3.63) is 34.1 Å². The van der Waals surface area contributed by atoms with Crippen LogP contribution in [0.1, 0.15) is 11.1 Å². The van der Waals surface area contributed by atoms with Gasteiger partial charge in [0, 0.05) is 10.2 Å². The highest BCUT2D eigenvalue weighted by Gasteiger charge is 2.13. The number of hydrogen-bond donors (Lipinski definition) is 3. The van der Waals surface area contributed by atoms with Gasteiger partial charge < -0.3 is 15.5 Å². The summed E-state index contributed by atoms with van der Waals surface area (Å²) in [5.41, 5.74) is 5.66. The van der Waals surface area contributed by atoms with Gasteiger partial charge in [-0.2, -0.15) is 0 Å². The van der Waals surface area contributed by atoms with Gasteiger partial charge in [0.15, 0.2) is 11.6 Å². The lowest BCUT2D eigenvalue weighted by atomic mass is 10.1. The van der Waals surface area contributed by atoms with E-state index in [4.69, 9.17) is 10.6 Å². The van der Waals surface area contributed by atoms with Gasteiger partial charge >= 0.3 is 0 Å². The van der Waals surface area contributed by atoms with Gasteiger partial charge in [-0.25, -0.2) is 15.8 Å². The molecule has 0 radical (unpaired) electrons. The Bertz CT molecular complexity index is 609. The maximum Gasteiger partial charge on any atom is 0.205 e. The summed E-state index contributed by atoms with van der Waals surface area (Å²) in [6.45, 7) is 4.05. The zero-order chi connectivity index (χ0) is 14.7. The van der Waals surface area contributed by atoms with Gasteiger partial charge in [0.1, 0.15) is 6.33 Å². The highest BCUT2D eigenvalue weighted by molar-refractivity contribution is 9.10. The summed E-state index contributed by atoms with van der Waals surface area (Å²) >= 11 is 3.48. The summed E-state index contributed by atoms with van der Waals surface area (Å²) in [6.07, 6.45) is 1.42. The summed E-state index contributed by atoms with van der Waals surface area (Å²) < 4.78 is 6.34. The lowest BCUT2D eigenvalue weighted by molar-refractivity contribution is 0.415. The van der Waals surface area contributed by atoms with Crippen molar-refractivity contribution in [2.75, 3.05) is 17.9 Å². The largest absolute Gasteiger partial charge is 0.490 e. The SMILES string of the molecule is COc1c(NN)ncnc1Nc1c(C)cc(Br)cc1C. The molecule has 0 amide bonds. The second-order valence-corrected chi connectivity index (χ2v) is 5.20. The average Bonchev–Trinajstić information content (AvgIpc) is 2.42. The normalized spacial score (nSPS) is 10.2. The molecular weight excluding hydrogens is 322 g/mol. The zero-order valence-corrected chi connectivity index (χ0v) is 13.1. The highest BCUT2D eigenvalue weighted by Crippen LogP contribution is 2.33. The van der Waals surface area contributed by atoms with Gasteiger partial charge in [-0.3, -0.25) is 0 Å². The fraction of sp³-hybridized carbons (Fsp3) is 0.231. The Morgan fingerprint density at radius 3 is 2.30 bits per heavy atom. The summed E-state index contributed by atoms with van der Waals surface area (Å²) in [5, 5.41) is 3.27. The molecule has 0 aliphatic carbocycles. The number of anilines is 3. The van der Waals surface area contributed by atoms with E-state index in [1.54, 1.807) is 7.11 Å². The first kappa shape index (κ1) is 14.5. The molecule has 2 aromatic rings. The van der Waals surface area contributed by atoms with Gasteiger partial charge in [-0.15, -0.1) is 0 Å². The quantitative estimate of drug-likeness (QED) is 0.587. The molecule has 1 aromatic carbocycles. The molecule has 0 fully saturated rings. The maximum absolute atomic E-state index is 5.41. The fourth-order valence-electron chi connectivity index (χ4n) is 1.99. The van der Waals surface area contributed by atoms with Crippen molar-refractivity contribution in [3.63, 3.8) is 0 Å². The molecule has 0 atom stereocenters. The molecule has 0 saturated carbocycles. The molecule has 0 aliphatic heterocycles. The number of hydrazine groups is 1. The molecule has 0 aliphatic rings. The Labute approximate surface area is 125 Å². The van der Waals surface area contributed by atoms with Crippen LogP contribution in [0, 0.1) is 13.8 Å². The number of methoxy groups -OCH3 is 1. The number of halogens is 1. The van der Waals surface area contributed by atoms with Crippen molar-refractivity contribution in [1.29, 1.82) is 0 Å². The van der Waals surface area contributed by atoms with Crippen LogP contribution in [-0.2, 0) is 0 Å². The molecule has 1 heterocycles. The molecule has 6 nitrogen and oxygen atoms in total. The lowest BCUT2D eigenvalue weighted by Crippen LogP contribution is -2.12. The number of aryl methyl sites for hydroxylation is 2. The van der Waals surface area contributed by atoms with Gasteiger partial charge in [-0.05, 0) is 37.1 Å². The van der Waals surface area contributed by atoms with Crippen LogP contribution in [-0.4, -0.2) is 17.1 Å². The summed E-state index contributed by atoms with van der Waals surface area (Å²) in [5.74, 6) is 6.87. The molecule has 4 N–H and O–H groups in total. The molecule has 0 saturated heterocycles. The molecule has 7 heteroatoms. The van der Waals surface area contributed by atoms with Crippen molar-refractivity contribution in [3.8, 4) is 5.75 Å². The minimum atomic E-state index is 0.428. The number of aromatic nitrogens is 2. The van der Waals surface area contributed by atoms with E-state index in [9.17, 15) is 0 Å². The second kappa shape index (κ2) is 6.06. The third kappa shape index (κ3) is 2.83. The Kier molecular flexibility index (Phi) is 4.41. The molecule has 2 rings (SSSR count). The van der Waals surface area contributed by atoms with Crippen LogP contribution < -0.4 is 21.3 Å². The Hall–Kier alpha value is -1.86. The lowest BCUT2D eigenvalue weighted by Gasteiger charge is -2.16. The second-order valence-electron chi connectivity index (χ2n) is 4.29. The number of nitrogens with two attached hydrogens (primary N) is 1. The van der Waals surface area contributed by atoms with Crippen LogP contribution in [0.2, 0.25) is 0 Å². The van der Waals surface area contributed by atoms with Crippen molar-refractivity contribution >= 4 is 33.3 Å². The number of hydrogen-bond acceptors (Lipinski definition) is 6. The van der Waals surface area contributed by atoms with E-state index in [1.165, 1.54) is 6.33 Å². The van der Waals surface area contributed by atoms with Crippen LogP contribution in [0.3, 0.4) is 0 Å². The first-order chi connectivity index (χ1) is 9.56. The fourth-order valence-corrected chi connectivity index (χ4v) is 2.67. The van der Waals surface area contributed by atoms with E-state index in [0.29, 0.717) is 17.4 Å². The summed E-state index contributed by atoms with van der Waals surface area (Å²) in [4.78, 5) is 8.21. The number of ether oxygens (including phenoxy) is 1. The van der Waals surface area contributed by atoms with Gasteiger partial charge in [-0.1, -0.05) is 15.9 Å². The number of nitrogen functional groups attached to an aromatic ring is 1. The van der Waals surface area contributed by atoms with Gasteiger partial charge in [0.25, 0.3) is 0 Å². The molecule has 0 spiro atoms. The highest BCUT2D eigenvalue weighted by atomic mass is 79.9. The first-order valence-electron chi connectivity index (χ1n) is 5.96. The molecule has 1 aromatic heterocycles. The van der Waals surface area contributed by atoms with Crippen molar-refractivity contribution in [2.24, 2.45) is 5.84 Å². The predicted molar refractivity (Wildman–Crippen MR) is 83.3 cm³/mol. The van der Waals surface area contributed by atoms with E-state index in [0.717, 1.165) is 21.3 Å². The topological polar surface area (TPSA) is 85.1 Å². The van der Waals surface area contributed by atoms with E-state index in [1.807, 2.05) is 26.0 Å². The Balaban J connectivity index is 2.45. The maximum atomic E-state index is 5.41. The monoisotopic (exact) mass is 337 g/mol. The van der Waals surface area contributed by atoms with Crippen LogP contribution in [0.5, 0.6) is 5.75 Å². The molecular formula is C13H16BrN5O. The van der Waals surface area contributed by atoms with Crippen LogP contribution in [0.4, 0.5) is 17.3 Å². The molecule has 0 unspecified atom stereocenters. The van der Waals surface area contributed by atoms with Crippen molar-refractivity contribution < 1.29 is 4.74 Å². The number of rotatable bonds is 4. The Morgan fingerprint density at radius 2 is 1.75 bits per heavy atom. The van der Waals surface area contributed by atoms with E-state index in [2.05, 4.69) is 36.6 Å². The zero-order valence-electron chi connectivity index (χ0n) is 11.5. The molecule has 20 heavy (non-hydrogen) atoms. The van der Waals surface area contributed by atoms with Crippen LogP contribution in [0.25, 0.3) is 0 Å². The predicted octanol–water partition coefficient (Wildman–Crippen LogP) is 2.89. The van der Waals surface area contributed by atoms with Crippen molar-refractivity contribution in [1.82, 2.24) is 9.97 Å². The smallest absolute Gasteiger partial charge is 0.205 e.